The van der Waals surface area contributed by atoms with Crippen molar-refractivity contribution in [3.63, 3.8) is 0 Å². The second-order valence-electron chi connectivity index (χ2n) is 3.96. The van der Waals surface area contributed by atoms with Crippen molar-refractivity contribution in [2.45, 2.75) is 39.0 Å². The maximum absolute atomic E-state index is 13.3. The fourth-order valence-electron chi connectivity index (χ4n) is 1.53. The quantitative estimate of drug-likeness (QED) is 0.504. The fourth-order valence-corrected chi connectivity index (χ4v) is 1.93. The molecule has 1 aromatic rings. The molecule has 0 saturated heterocycles. The standard InChI is InChI=1S/C13H17BrF2O/c1-2-3-4-5-6-7-17-12-9-10(14)8-11(15)13(12)16/h8-9H,2-7H2,1H3. The lowest BCUT2D eigenvalue weighted by Crippen LogP contribution is -2.00. The first-order valence-corrected chi connectivity index (χ1v) is 6.71. The SMILES string of the molecule is CCCCCCCOc1cc(Br)cc(F)c1F. The molecule has 0 unspecified atom stereocenters. The van der Waals surface area contributed by atoms with Gasteiger partial charge in [-0.1, -0.05) is 48.5 Å². The summed E-state index contributed by atoms with van der Waals surface area (Å²) in [5.41, 5.74) is 0. The summed E-state index contributed by atoms with van der Waals surface area (Å²) in [5, 5.41) is 0. The maximum Gasteiger partial charge on any atom is 0.200 e. The monoisotopic (exact) mass is 306 g/mol. The van der Waals surface area contributed by atoms with Gasteiger partial charge >= 0.3 is 0 Å². The normalized spacial score (nSPS) is 10.6. The van der Waals surface area contributed by atoms with E-state index in [2.05, 4.69) is 22.9 Å². The van der Waals surface area contributed by atoms with Crippen molar-refractivity contribution in [2.24, 2.45) is 0 Å². The van der Waals surface area contributed by atoms with Crippen LogP contribution in [0.2, 0.25) is 0 Å². The minimum absolute atomic E-state index is 0.0210. The summed E-state index contributed by atoms with van der Waals surface area (Å²) in [6, 6.07) is 2.54. The zero-order chi connectivity index (χ0) is 12.7. The van der Waals surface area contributed by atoms with Gasteiger partial charge in [-0.2, -0.15) is 4.39 Å². The smallest absolute Gasteiger partial charge is 0.200 e. The van der Waals surface area contributed by atoms with E-state index in [0.717, 1.165) is 25.3 Å². The molecule has 0 aliphatic heterocycles. The van der Waals surface area contributed by atoms with Crippen molar-refractivity contribution in [2.75, 3.05) is 6.61 Å². The highest BCUT2D eigenvalue weighted by atomic mass is 79.9. The Hall–Kier alpha value is -0.640. The highest BCUT2D eigenvalue weighted by Gasteiger charge is 2.10. The molecule has 0 atom stereocenters. The van der Waals surface area contributed by atoms with Gasteiger partial charge in [-0.15, -0.1) is 0 Å². The highest BCUT2D eigenvalue weighted by molar-refractivity contribution is 9.10. The molecule has 96 valence electrons. The van der Waals surface area contributed by atoms with Crippen LogP contribution in [0, 0.1) is 11.6 Å². The largest absolute Gasteiger partial charge is 0.490 e. The average Bonchev–Trinajstić information content (AvgIpc) is 2.29. The summed E-state index contributed by atoms with van der Waals surface area (Å²) in [5.74, 6) is -1.82. The molecule has 0 aliphatic carbocycles. The lowest BCUT2D eigenvalue weighted by molar-refractivity contribution is 0.284. The van der Waals surface area contributed by atoms with Crippen molar-refractivity contribution in [3.8, 4) is 5.75 Å². The molecule has 0 N–H and O–H groups in total. The minimum Gasteiger partial charge on any atom is -0.490 e. The Morgan fingerprint density at radius 3 is 2.53 bits per heavy atom. The lowest BCUT2D eigenvalue weighted by atomic mass is 10.2. The maximum atomic E-state index is 13.3. The molecule has 4 heteroatoms. The van der Waals surface area contributed by atoms with Gasteiger partial charge < -0.3 is 4.74 Å². The van der Waals surface area contributed by atoms with Crippen LogP contribution in [-0.2, 0) is 0 Å². The molecule has 0 heterocycles. The van der Waals surface area contributed by atoms with Crippen LogP contribution in [0.4, 0.5) is 8.78 Å². The van der Waals surface area contributed by atoms with Crippen LogP contribution in [0.3, 0.4) is 0 Å². The van der Waals surface area contributed by atoms with E-state index < -0.39 is 11.6 Å². The second kappa shape index (κ2) is 7.64. The Morgan fingerprint density at radius 2 is 1.82 bits per heavy atom. The van der Waals surface area contributed by atoms with Gasteiger partial charge in [-0.3, -0.25) is 0 Å². The van der Waals surface area contributed by atoms with Crippen LogP contribution >= 0.6 is 15.9 Å². The van der Waals surface area contributed by atoms with Gasteiger partial charge in [-0.25, -0.2) is 4.39 Å². The van der Waals surface area contributed by atoms with Crippen molar-refractivity contribution in [1.29, 1.82) is 0 Å². The number of ether oxygens (including phenoxy) is 1. The summed E-state index contributed by atoms with van der Waals surface area (Å²) in [6.45, 7) is 2.58. The van der Waals surface area contributed by atoms with Crippen LogP contribution < -0.4 is 4.74 Å². The number of benzene rings is 1. The Morgan fingerprint density at radius 1 is 1.12 bits per heavy atom. The van der Waals surface area contributed by atoms with Crippen molar-refractivity contribution in [1.82, 2.24) is 0 Å². The van der Waals surface area contributed by atoms with Crippen molar-refractivity contribution >= 4 is 15.9 Å². The fraction of sp³-hybridized carbons (Fsp3) is 0.538. The van der Waals surface area contributed by atoms with E-state index in [4.69, 9.17) is 4.74 Å². The first-order chi connectivity index (χ1) is 8.15. The number of hydrogen-bond donors (Lipinski definition) is 0. The van der Waals surface area contributed by atoms with Crippen LogP contribution in [0.5, 0.6) is 5.75 Å². The van der Waals surface area contributed by atoms with Crippen molar-refractivity contribution < 1.29 is 13.5 Å². The molecule has 0 spiro atoms. The Bertz CT molecular complexity index is 356. The first-order valence-electron chi connectivity index (χ1n) is 5.92. The third kappa shape index (κ3) is 5.02. The molecule has 1 nitrogen and oxygen atoms in total. The van der Waals surface area contributed by atoms with Gasteiger partial charge in [0.15, 0.2) is 11.6 Å². The molecule has 0 radical (unpaired) electrons. The summed E-state index contributed by atoms with van der Waals surface area (Å²) in [4.78, 5) is 0. The number of halogens is 3. The molecule has 1 rings (SSSR count). The molecule has 0 aliphatic rings. The Labute approximate surface area is 109 Å². The van der Waals surface area contributed by atoms with Gasteiger partial charge in [0.05, 0.1) is 6.61 Å². The van der Waals surface area contributed by atoms with Crippen LogP contribution in [-0.4, -0.2) is 6.61 Å². The molecule has 0 aromatic heterocycles. The highest BCUT2D eigenvalue weighted by Crippen LogP contribution is 2.25. The second-order valence-corrected chi connectivity index (χ2v) is 4.88. The summed E-state index contributed by atoms with van der Waals surface area (Å²) >= 11 is 3.10. The summed E-state index contributed by atoms with van der Waals surface area (Å²) < 4.78 is 32.0. The number of hydrogen-bond acceptors (Lipinski definition) is 1. The molecular formula is C13H17BrF2O. The number of unbranched alkanes of at least 4 members (excludes halogenated alkanes) is 4. The third-order valence-corrected chi connectivity index (χ3v) is 2.92. The molecule has 17 heavy (non-hydrogen) atoms. The zero-order valence-electron chi connectivity index (χ0n) is 9.94. The Balaban J connectivity index is 2.36. The third-order valence-electron chi connectivity index (χ3n) is 2.47. The molecule has 0 saturated carbocycles. The summed E-state index contributed by atoms with van der Waals surface area (Å²) in [7, 11) is 0. The van der Waals surface area contributed by atoms with Crippen LogP contribution in [0.15, 0.2) is 16.6 Å². The molecule has 0 amide bonds. The first kappa shape index (κ1) is 14.4. The predicted molar refractivity (Wildman–Crippen MR) is 68.3 cm³/mol. The van der Waals surface area contributed by atoms with Gasteiger partial charge in [0.1, 0.15) is 0 Å². The average molecular weight is 307 g/mol. The van der Waals surface area contributed by atoms with E-state index in [0.29, 0.717) is 11.1 Å². The van der Waals surface area contributed by atoms with Gasteiger partial charge in [0, 0.05) is 4.47 Å². The summed E-state index contributed by atoms with van der Waals surface area (Å²) in [6.07, 6.45) is 5.49. The van der Waals surface area contributed by atoms with E-state index in [1.807, 2.05) is 0 Å². The van der Waals surface area contributed by atoms with E-state index in [1.165, 1.54) is 18.9 Å². The van der Waals surface area contributed by atoms with Gasteiger partial charge in [-0.05, 0) is 18.6 Å². The molecule has 0 bridgehead atoms. The molecule has 0 fully saturated rings. The zero-order valence-corrected chi connectivity index (χ0v) is 11.5. The number of rotatable bonds is 7. The lowest BCUT2D eigenvalue weighted by Gasteiger charge is -2.08. The molecule has 1 aromatic carbocycles. The van der Waals surface area contributed by atoms with Gasteiger partial charge in [0.2, 0.25) is 5.82 Å². The minimum atomic E-state index is -0.915. The van der Waals surface area contributed by atoms with E-state index >= 15 is 0 Å². The van der Waals surface area contributed by atoms with E-state index in [1.54, 1.807) is 0 Å². The predicted octanol–water partition coefficient (Wildman–Crippen LogP) is 5.08. The van der Waals surface area contributed by atoms with Crippen LogP contribution in [0.25, 0.3) is 0 Å². The Kier molecular flexibility index (Phi) is 6.48. The van der Waals surface area contributed by atoms with E-state index in [-0.39, 0.29) is 5.75 Å². The van der Waals surface area contributed by atoms with Crippen LogP contribution in [0.1, 0.15) is 39.0 Å². The van der Waals surface area contributed by atoms with E-state index in [9.17, 15) is 8.78 Å². The topological polar surface area (TPSA) is 9.23 Å². The van der Waals surface area contributed by atoms with Gasteiger partial charge in [0.25, 0.3) is 0 Å². The van der Waals surface area contributed by atoms with Crippen molar-refractivity contribution in [3.05, 3.63) is 28.2 Å². The molecular weight excluding hydrogens is 290 g/mol.